The van der Waals surface area contributed by atoms with E-state index in [1.807, 2.05) is 6.92 Å². The third-order valence-corrected chi connectivity index (χ3v) is 3.32. The van der Waals surface area contributed by atoms with Crippen LogP contribution in [0.3, 0.4) is 0 Å². The largest absolute Gasteiger partial charge is 1.00 e. The fraction of sp³-hybridized carbons (Fsp3) is 0.438. The quantitative estimate of drug-likeness (QED) is 0.333. The van der Waals surface area contributed by atoms with Gasteiger partial charge in [0.15, 0.2) is 0 Å². The van der Waals surface area contributed by atoms with Crippen molar-refractivity contribution >= 4 is 29.6 Å². The molecule has 0 aliphatic heterocycles. The van der Waals surface area contributed by atoms with Crippen molar-refractivity contribution < 1.29 is 58.5 Å². The Labute approximate surface area is 173 Å². The molecule has 1 aromatic carbocycles. The summed E-state index contributed by atoms with van der Waals surface area (Å²) in [7, 11) is 0. The summed E-state index contributed by atoms with van der Waals surface area (Å²) in [6, 6.07) is 6.00. The smallest absolute Gasteiger partial charge is 0.550 e. The first-order valence-corrected chi connectivity index (χ1v) is 7.84. The molecule has 0 fully saturated rings. The molecule has 0 aromatic heterocycles. The number of nitrogens with one attached hydrogen (secondary N) is 1. The average molecular weight is 380 g/mol. The van der Waals surface area contributed by atoms with Gasteiger partial charge < -0.3 is 24.7 Å². The van der Waals surface area contributed by atoms with Crippen molar-refractivity contribution in [3.63, 3.8) is 0 Å². The van der Waals surface area contributed by atoms with Gasteiger partial charge in [-0.25, -0.2) is 4.79 Å². The van der Waals surface area contributed by atoms with E-state index in [1.165, 1.54) is 0 Å². The van der Waals surface area contributed by atoms with Crippen LogP contribution in [0.25, 0.3) is 0 Å². The van der Waals surface area contributed by atoms with Crippen molar-refractivity contribution in [2.75, 3.05) is 6.79 Å². The second-order valence-corrected chi connectivity index (χ2v) is 5.41. The summed E-state index contributed by atoms with van der Waals surface area (Å²) in [5, 5.41) is 13.7. The van der Waals surface area contributed by atoms with Gasteiger partial charge >= 0.3 is 41.6 Å². The van der Waals surface area contributed by atoms with Crippen molar-refractivity contribution in [2.45, 2.75) is 38.6 Å². The number of esters is 1. The number of carboxylic acid groups (broad SMARTS) is 1. The van der Waals surface area contributed by atoms with Crippen LogP contribution in [0, 0.1) is 0 Å². The van der Waals surface area contributed by atoms with Crippen LogP contribution in [0.2, 0.25) is 5.02 Å². The molecule has 25 heavy (non-hydrogen) atoms. The summed E-state index contributed by atoms with van der Waals surface area (Å²) in [5.41, 5.74) is 0.667. The molecule has 0 heterocycles. The Kier molecular flexibility index (Phi) is 12.3. The zero-order valence-corrected chi connectivity index (χ0v) is 17.0. The maximum absolute atomic E-state index is 11.8. The summed E-state index contributed by atoms with van der Waals surface area (Å²) in [5.74, 6) is -1.69. The van der Waals surface area contributed by atoms with Gasteiger partial charge in [0.1, 0.15) is 0 Å². The van der Waals surface area contributed by atoms with E-state index in [0.29, 0.717) is 17.0 Å². The van der Waals surface area contributed by atoms with Crippen molar-refractivity contribution in [3.8, 4) is 0 Å². The van der Waals surface area contributed by atoms with Crippen LogP contribution in [0.15, 0.2) is 24.3 Å². The van der Waals surface area contributed by atoms with E-state index in [9.17, 15) is 19.5 Å². The van der Waals surface area contributed by atoms with Gasteiger partial charge in [0.2, 0.25) is 6.79 Å². The van der Waals surface area contributed by atoms with E-state index < -0.39 is 30.9 Å². The molecule has 1 amide bonds. The number of carboxylic acids is 1. The van der Waals surface area contributed by atoms with Gasteiger partial charge in [-0.05, 0) is 37.0 Å². The van der Waals surface area contributed by atoms with Crippen LogP contribution in [-0.2, 0) is 19.1 Å². The first-order chi connectivity index (χ1) is 11.4. The van der Waals surface area contributed by atoms with Crippen LogP contribution in [-0.4, -0.2) is 24.8 Å². The Hall–Kier alpha value is -1.28. The number of amides is 1. The molecule has 1 rings (SSSR count). The van der Waals surface area contributed by atoms with Gasteiger partial charge in [0.25, 0.3) is 0 Å². The third-order valence-electron chi connectivity index (χ3n) is 3.07. The number of ether oxygens (including phenoxy) is 2. The van der Waals surface area contributed by atoms with E-state index >= 15 is 0 Å². The number of halogens is 1. The SMILES string of the molecule is CCCC(=O)OCOC(=O)NC(CCC(=O)[O-])c1ccc(Cl)cc1.[Na+]. The van der Waals surface area contributed by atoms with E-state index in [2.05, 4.69) is 5.32 Å². The summed E-state index contributed by atoms with van der Waals surface area (Å²) in [4.78, 5) is 33.6. The molecule has 1 unspecified atom stereocenters. The van der Waals surface area contributed by atoms with Gasteiger partial charge in [0, 0.05) is 17.4 Å². The van der Waals surface area contributed by atoms with Gasteiger partial charge in [-0.3, -0.25) is 4.79 Å². The molecule has 0 aliphatic carbocycles. The molecule has 7 nitrogen and oxygen atoms in total. The minimum absolute atomic E-state index is 0. The molecule has 0 spiro atoms. The van der Waals surface area contributed by atoms with Crippen molar-refractivity contribution in [1.29, 1.82) is 0 Å². The first-order valence-electron chi connectivity index (χ1n) is 7.46. The Morgan fingerprint density at radius 1 is 1.16 bits per heavy atom. The zero-order chi connectivity index (χ0) is 17.9. The summed E-state index contributed by atoms with van der Waals surface area (Å²) >= 11 is 5.81. The summed E-state index contributed by atoms with van der Waals surface area (Å²) < 4.78 is 9.47. The number of carbonyl (C=O) groups excluding carboxylic acids is 3. The number of hydrogen-bond acceptors (Lipinski definition) is 6. The standard InChI is InChI=1S/C16H20ClNO6.Na/c1-2-3-15(21)23-10-24-16(22)18-13(8-9-14(19)20)11-4-6-12(17)7-5-11;/h4-7,13H,2-3,8-10H2,1H3,(H,18,22)(H,19,20);/q;+1/p-1. The molecule has 0 radical (unpaired) electrons. The van der Waals surface area contributed by atoms with E-state index in [1.54, 1.807) is 24.3 Å². The molecule has 9 heteroatoms. The van der Waals surface area contributed by atoms with Crippen LogP contribution in [0.5, 0.6) is 0 Å². The Bertz CT molecular complexity index is 566. The minimum Gasteiger partial charge on any atom is -0.550 e. The first kappa shape index (κ1) is 23.7. The molecule has 1 aromatic rings. The second-order valence-electron chi connectivity index (χ2n) is 4.98. The topological polar surface area (TPSA) is 105 Å². The van der Waals surface area contributed by atoms with Gasteiger partial charge in [-0.1, -0.05) is 30.7 Å². The number of benzene rings is 1. The molecule has 0 saturated carbocycles. The van der Waals surface area contributed by atoms with E-state index in [4.69, 9.17) is 21.1 Å². The minimum atomic E-state index is -1.22. The van der Waals surface area contributed by atoms with Crippen LogP contribution in [0.1, 0.15) is 44.2 Å². The summed E-state index contributed by atoms with van der Waals surface area (Å²) in [6.45, 7) is 1.32. The molecule has 0 bridgehead atoms. The zero-order valence-electron chi connectivity index (χ0n) is 14.2. The molecule has 0 saturated heterocycles. The van der Waals surface area contributed by atoms with Crippen molar-refractivity contribution in [1.82, 2.24) is 5.32 Å². The van der Waals surface area contributed by atoms with Crippen LogP contribution >= 0.6 is 11.6 Å². The number of rotatable bonds is 9. The van der Waals surface area contributed by atoms with Crippen molar-refractivity contribution in [3.05, 3.63) is 34.9 Å². The molecular weight excluding hydrogens is 361 g/mol. The molecular formula is C16H19ClNNaO6. The fourth-order valence-corrected chi connectivity index (χ4v) is 2.01. The van der Waals surface area contributed by atoms with Gasteiger partial charge in [0.05, 0.1) is 6.04 Å². The van der Waals surface area contributed by atoms with Crippen molar-refractivity contribution in [2.24, 2.45) is 0 Å². The van der Waals surface area contributed by atoms with Crippen LogP contribution in [0.4, 0.5) is 4.79 Å². The number of alkyl carbamates (subject to hydrolysis) is 1. The van der Waals surface area contributed by atoms with Gasteiger partial charge in [-0.2, -0.15) is 0 Å². The number of hydrogen-bond donors (Lipinski definition) is 1. The normalized spacial score (nSPS) is 11.0. The van der Waals surface area contributed by atoms with E-state index in [-0.39, 0.29) is 48.8 Å². The third kappa shape index (κ3) is 10.3. The molecule has 1 atom stereocenters. The molecule has 1 N–H and O–H groups in total. The number of carbonyl (C=O) groups is 3. The maximum atomic E-state index is 11.8. The maximum Gasteiger partial charge on any atom is 1.00 e. The Balaban J connectivity index is 0.00000576. The van der Waals surface area contributed by atoms with Crippen LogP contribution < -0.4 is 40.0 Å². The monoisotopic (exact) mass is 379 g/mol. The summed E-state index contributed by atoms with van der Waals surface area (Å²) in [6.07, 6.45) is -0.0671. The Morgan fingerprint density at radius 3 is 2.36 bits per heavy atom. The molecule has 132 valence electrons. The predicted molar refractivity (Wildman–Crippen MR) is 83.9 cm³/mol. The number of aliphatic carboxylic acids is 1. The fourth-order valence-electron chi connectivity index (χ4n) is 1.89. The van der Waals surface area contributed by atoms with Gasteiger partial charge in [-0.15, -0.1) is 0 Å². The predicted octanol–water partition coefficient (Wildman–Crippen LogP) is -1.06. The Morgan fingerprint density at radius 2 is 1.80 bits per heavy atom. The average Bonchev–Trinajstić information content (AvgIpc) is 2.52. The molecule has 0 aliphatic rings. The second kappa shape index (κ2) is 13.0. The van der Waals surface area contributed by atoms with E-state index in [0.717, 1.165) is 0 Å².